The van der Waals surface area contributed by atoms with Gasteiger partial charge in [-0.25, -0.2) is 4.98 Å². The second kappa shape index (κ2) is 7.11. The Labute approximate surface area is 134 Å². The molecule has 0 fully saturated rings. The first kappa shape index (κ1) is 17.4. The van der Waals surface area contributed by atoms with E-state index in [0.717, 1.165) is 24.6 Å². The maximum atomic E-state index is 12.6. The number of aromatic nitrogens is 3. The van der Waals surface area contributed by atoms with Crippen LogP contribution in [0.3, 0.4) is 0 Å². The van der Waals surface area contributed by atoms with Crippen LogP contribution in [-0.2, 0) is 22.3 Å². The Morgan fingerprint density at radius 1 is 1.21 bits per heavy atom. The maximum absolute atomic E-state index is 12.6. The van der Waals surface area contributed by atoms with Crippen molar-refractivity contribution in [3.8, 4) is 0 Å². The highest BCUT2D eigenvalue weighted by atomic mass is 19.4. The summed E-state index contributed by atoms with van der Waals surface area (Å²) in [6.07, 6.45) is -0.895. The van der Waals surface area contributed by atoms with Crippen molar-refractivity contribution in [1.29, 1.82) is 0 Å². The molecule has 0 unspecified atom stereocenters. The van der Waals surface area contributed by atoms with Gasteiger partial charge in [0.05, 0.1) is 11.9 Å². The molecule has 7 nitrogen and oxygen atoms in total. The Bertz CT molecular complexity index is 742. The molecule has 2 aromatic rings. The Hall–Kier alpha value is -2.91. The van der Waals surface area contributed by atoms with Crippen LogP contribution in [0.4, 0.5) is 24.7 Å². The lowest BCUT2D eigenvalue weighted by Crippen LogP contribution is -2.29. The highest BCUT2D eigenvalue weighted by Crippen LogP contribution is 2.28. The van der Waals surface area contributed by atoms with Gasteiger partial charge in [0.15, 0.2) is 0 Å². The monoisotopic (exact) mass is 341 g/mol. The van der Waals surface area contributed by atoms with E-state index in [4.69, 9.17) is 0 Å². The molecule has 2 rings (SSSR count). The van der Waals surface area contributed by atoms with Gasteiger partial charge >= 0.3 is 18.0 Å². The third-order valence-electron chi connectivity index (χ3n) is 2.83. The smallest absolute Gasteiger partial charge is 0.315 e. The first-order valence-electron chi connectivity index (χ1n) is 6.98. The van der Waals surface area contributed by atoms with Gasteiger partial charge in [0.25, 0.3) is 0 Å². The molecule has 2 amide bonds. The summed E-state index contributed by atoms with van der Waals surface area (Å²) in [6.45, 7) is 2.60. The van der Waals surface area contributed by atoms with Crippen molar-refractivity contribution >= 4 is 23.3 Å². The Morgan fingerprint density at radius 2 is 1.92 bits per heavy atom. The Balaban J connectivity index is 2.00. The summed E-state index contributed by atoms with van der Waals surface area (Å²) < 4.78 is 39.2. The number of carbonyl (C=O) groups is 2. The molecule has 2 N–H and O–H groups in total. The molecule has 0 aliphatic heterocycles. The summed E-state index contributed by atoms with van der Waals surface area (Å²) in [5.41, 5.74) is -0.859. The van der Waals surface area contributed by atoms with Crippen LogP contribution in [0, 0.1) is 0 Å². The molecule has 0 aliphatic carbocycles. The van der Waals surface area contributed by atoms with E-state index in [0.29, 0.717) is 12.2 Å². The summed E-state index contributed by atoms with van der Waals surface area (Å²) in [4.78, 5) is 26.7. The van der Waals surface area contributed by atoms with Crippen LogP contribution in [0.25, 0.3) is 0 Å². The quantitative estimate of drug-likeness (QED) is 0.835. The minimum Gasteiger partial charge on any atom is -0.315 e. The van der Waals surface area contributed by atoms with Gasteiger partial charge in [0.2, 0.25) is 0 Å². The first-order valence-corrected chi connectivity index (χ1v) is 6.98. The zero-order valence-corrected chi connectivity index (χ0v) is 12.6. The molecule has 24 heavy (non-hydrogen) atoms. The van der Waals surface area contributed by atoms with E-state index in [1.165, 1.54) is 12.4 Å². The molecule has 0 spiro atoms. The molecule has 0 aromatic carbocycles. The average Bonchev–Trinajstić information content (AvgIpc) is 2.94. The van der Waals surface area contributed by atoms with Crippen LogP contribution in [0.15, 0.2) is 30.6 Å². The van der Waals surface area contributed by atoms with Gasteiger partial charge < -0.3 is 10.6 Å². The molecular weight excluding hydrogens is 327 g/mol. The van der Waals surface area contributed by atoms with Gasteiger partial charge in [0.1, 0.15) is 11.5 Å². The molecule has 0 saturated carbocycles. The SMILES string of the molecule is CCCn1cc(NC(=O)C(=O)Nc2cccc(C(F)(F)F)n2)cn1. The fourth-order valence-corrected chi connectivity index (χ4v) is 1.80. The second-order valence-electron chi connectivity index (χ2n) is 4.81. The van der Waals surface area contributed by atoms with Crippen LogP contribution >= 0.6 is 0 Å². The molecule has 0 radical (unpaired) electrons. The van der Waals surface area contributed by atoms with Gasteiger partial charge in [-0.1, -0.05) is 13.0 Å². The van der Waals surface area contributed by atoms with Crippen molar-refractivity contribution in [1.82, 2.24) is 14.8 Å². The minimum absolute atomic E-state index is 0.306. The van der Waals surface area contributed by atoms with Crippen LogP contribution in [0.5, 0.6) is 0 Å². The number of hydrogen-bond donors (Lipinski definition) is 2. The van der Waals surface area contributed by atoms with E-state index in [-0.39, 0.29) is 5.82 Å². The molecule has 2 aromatic heterocycles. The average molecular weight is 341 g/mol. The number of aryl methyl sites for hydroxylation is 1. The third-order valence-corrected chi connectivity index (χ3v) is 2.83. The molecular formula is C14H14F3N5O2. The number of anilines is 2. The number of carbonyl (C=O) groups excluding carboxylic acids is 2. The van der Waals surface area contributed by atoms with Gasteiger partial charge in [-0.05, 0) is 18.6 Å². The van der Waals surface area contributed by atoms with Gasteiger partial charge in [-0.2, -0.15) is 18.3 Å². The fourth-order valence-electron chi connectivity index (χ4n) is 1.80. The van der Waals surface area contributed by atoms with Crippen molar-refractivity contribution < 1.29 is 22.8 Å². The molecule has 0 aliphatic rings. The summed E-state index contributed by atoms with van der Waals surface area (Å²) in [7, 11) is 0. The van der Waals surface area contributed by atoms with Gasteiger partial charge in [0, 0.05) is 12.7 Å². The minimum atomic E-state index is -4.64. The highest BCUT2D eigenvalue weighted by molar-refractivity contribution is 6.43. The van der Waals surface area contributed by atoms with Crippen molar-refractivity contribution in [3.05, 3.63) is 36.3 Å². The number of pyridine rings is 1. The van der Waals surface area contributed by atoms with Gasteiger partial charge in [-0.3, -0.25) is 14.3 Å². The number of nitrogens with zero attached hydrogens (tertiary/aromatic N) is 3. The van der Waals surface area contributed by atoms with Gasteiger partial charge in [-0.15, -0.1) is 0 Å². The van der Waals surface area contributed by atoms with E-state index >= 15 is 0 Å². The Morgan fingerprint density at radius 3 is 2.58 bits per heavy atom. The molecule has 2 heterocycles. The molecule has 0 atom stereocenters. The molecule has 0 saturated heterocycles. The summed E-state index contributed by atoms with van der Waals surface area (Å²) in [5, 5.41) is 8.29. The van der Waals surface area contributed by atoms with Crippen LogP contribution in [-0.4, -0.2) is 26.6 Å². The largest absolute Gasteiger partial charge is 0.433 e. The Kier molecular flexibility index (Phi) is 5.17. The number of hydrogen-bond acceptors (Lipinski definition) is 4. The van der Waals surface area contributed by atoms with Crippen LogP contribution < -0.4 is 10.6 Å². The van der Waals surface area contributed by atoms with E-state index in [1.54, 1.807) is 4.68 Å². The van der Waals surface area contributed by atoms with Crippen molar-refractivity contribution in [3.63, 3.8) is 0 Å². The standard InChI is InChI=1S/C14H14F3N5O2/c1-2-6-22-8-9(7-18-22)19-12(23)13(24)21-11-5-3-4-10(20-11)14(15,16)17/h3-5,7-8H,2,6H2,1H3,(H,19,23)(H,20,21,24). The lowest BCUT2D eigenvalue weighted by molar-refractivity contribution is -0.141. The molecule has 0 bridgehead atoms. The maximum Gasteiger partial charge on any atom is 0.433 e. The summed E-state index contributed by atoms with van der Waals surface area (Å²) in [5.74, 6) is -2.54. The zero-order chi connectivity index (χ0) is 17.7. The molecule has 10 heteroatoms. The van der Waals surface area contributed by atoms with Crippen LogP contribution in [0.1, 0.15) is 19.0 Å². The predicted octanol–water partition coefficient (Wildman–Crippen LogP) is 2.28. The third kappa shape index (κ3) is 4.54. The normalized spacial score (nSPS) is 11.2. The number of rotatable bonds is 4. The van der Waals surface area contributed by atoms with Crippen molar-refractivity contribution in [2.75, 3.05) is 10.6 Å². The zero-order valence-electron chi connectivity index (χ0n) is 12.6. The van der Waals surface area contributed by atoms with E-state index in [1.807, 2.05) is 12.2 Å². The van der Waals surface area contributed by atoms with Crippen molar-refractivity contribution in [2.45, 2.75) is 26.1 Å². The number of alkyl halides is 3. The van der Waals surface area contributed by atoms with E-state index < -0.39 is 23.7 Å². The predicted molar refractivity (Wildman–Crippen MR) is 79.0 cm³/mol. The summed E-state index contributed by atoms with van der Waals surface area (Å²) >= 11 is 0. The number of amides is 2. The fraction of sp³-hybridized carbons (Fsp3) is 0.286. The first-order chi connectivity index (χ1) is 11.3. The molecule has 128 valence electrons. The van der Waals surface area contributed by atoms with E-state index in [2.05, 4.69) is 15.4 Å². The number of nitrogens with one attached hydrogen (secondary N) is 2. The van der Waals surface area contributed by atoms with Crippen LogP contribution in [0.2, 0.25) is 0 Å². The highest BCUT2D eigenvalue weighted by Gasteiger charge is 2.32. The lowest BCUT2D eigenvalue weighted by atomic mass is 10.3. The topological polar surface area (TPSA) is 88.9 Å². The lowest BCUT2D eigenvalue weighted by Gasteiger charge is -2.08. The second-order valence-corrected chi connectivity index (χ2v) is 4.81. The van der Waals surface area contributed by atoms with E-state index in [9.17, 15) is 22.8 Å². The van der Waals surface area contributed by atoms with Crippen molar-refractivity contribution in [2.24, 2.45) is 0 Å². The summed E-state index contributed by atoms with van der Waals surface area (Å²) in [6, 6.07) is 3.00. The number of halogens is 3.